The summed E-state index contributed by atoms with van der Waals surface area (Å²) in [5, 5.41) is 10.0. The summed E-state index contributed by atoms with van der Waals surface area (Å²) in [6.07, 6.45) is 8.77. The van der Waals surface area contributed by atoms with E-state index in [4.69, 9.17) is 5.11 Å². The van der Waals surface area contributed by atoms with Gasteiger partial charge in [0.1, 0.15) is 5.01 Å². The summed E-state index contributed by atoms with van der Waals surface area (Å²) in [5.74, 6) is -0.149. The van der Waals surface area contributed by atoms with E-state index in [0.29, 0.717) is 13.1 Å². The van der Waals surface area contributed by atoms with Crippen molar-refractivity contribution in [3.8, 4) is 21.0 Å². The molecule has 0 atom stereocenters. The molecule has 2 fully saturated rings. The van der Waals surface area contributed by atoms with Gasteiger partial charge in [-0.3, -0.25) is 9.69 Å². The topological polar surface area (TPSA) is 53.4 Å². The van der Waals surface area contributed by atoms with Crippen LogP contribution in [-0.2, 0) is 11.3 Å². The summed E-state index contributed by atoms with van der Waals surface area (Å²) in [6, 6.07) is 17.6. The quantitative estimate of drug-likeness (QED) is 0.516. The first-order valence-electron chi connectivity index (χ1n) is 11.3. The molecule has 5 heteroatoms. The Morgan fingerprint density at radius 1 is 0.968 bits per heavy atom. The highest BCUT2D eigenvalue weighted by Gasteiger charge is 2.32. The Labute approximate surface area is 187 Å². The van der Waals surface area contributed by atoms with E-state index in [9.17, 15) is 4.79 Å². The van der Waals surface area contributed by atoms with E-state index < -0.39 is 5.97 Å². The highest BCUT2D eigenvalue weighted by Crippen LogP contribution is 2.36. The summed E-state index contributed by atoms with van der Waals surface area (Å²) in [6.45, 7) is 2.10. The van der Waals surface area contributed by atoms with Crippen LogP contribution >= 0.6 is 11.3 Å². The second-order valence-electron chi connectivity index (χ2n) is 8.91. The molecular weight excluding hydrogens is 404 g/mol. The number of aromatic nitrogens is 1. The fourth-order valence-electron chi connectivity index (χ4n) is 4.76. The number of hydrogen-bond acceptors (Lipinski definition) is 4. The number of aliphatic carboxylic acids is 1. The summed E-state index contributed by atoms with van der Waals surface area (Å²) < 4.78 is 0. The van der Waals surface area contributed by atoms with E-state index in [0.717, 1.165) is 23.0 Å². The number of hydrogen-bond donors (Lipinski definition) is 1. The van der Waals surface area contributed by atoms with Gasteiger partial charge in [-0.15, -0.1) is 11.3 Å². The molecule has 0 amide bonds. The third kappa shape index (κ3) is 4.58. The smallest absolute Gasteiger partial charge is 0.309 e. The molecule has 4 nitrogen and oxygen atoms in total. The normalized spacial score (nSPS) is 18.1. The largest absolute Gasteiger partial charge is 0.481 e. The van der Waals surface area contributed by atoms with E-state index in [-0.39, 0.29) is 5.92 Å². The summed E-state index contributed by atoms with van der Waals surface area (Å²) >= 11 is 1.73. The van der Waals surface area contributed by atoms with Crippen LogP contribution in [0.5, 0.6) is 0 Å². The summed E-state index contributed by atoms with van der Waals surface area (Å²) in [5.41, 5.74) is 5.07. The van der Waals surface area contributed by atoms with Crippen molar-refractivity contribution < 1.29 is 9.90 Å². The van der Waals surface area contributed by atoms with E-state index in [1.54, 1.807) is 11.3 Å². The van der Waals surface area contributed by atoms with E-state index in [1.165, 1.54) is 53.7 Å². The Morgan fingerprint density at radius 3 is 2.32 bits per heavy atom. The molecule has 1 aliphatic carbocycles. The zero-order valence-corrected chi connectivity index (χ0v) is 18.5. The third-order valence-electron chi connectivity index (χ3n) is 6.69. The van der Waals surface area contributed by atoms with Gasteiger partial charge in [-0.25, -0.2) is 4.98 Å². The average Bonchev–Trinajstić information content (AvgIpc) is 3.27. The molecule has 2 aromatic carbocycles. The highest BCUT2D eigenvalue weighted by atomic mass is 32.1. The van der Waals surface area contributed by atoms with Gasteiger partial charge in [0, 0.05) is 31.4 Å². The van der Waals surface area contributed by atoms with Gasteiger partial charge in [-0.2, -0.15) is 0 Å². The number of rotatable bonds is 6. The lowest BCUT2D eigenvalue weighted by Gasteiger charge is -2.36. The molecule has 1 aromatic heterocycles. The maximum atomic E-state index is 10.9. The first-order valence-corrected chi connectivity index (χ1v) is 12.1. The minimum atomic E-state index is -0.685. The van der Waals surface area contributed by atoms with Gasteiger partial charge in [0.2, 0.25) is 0 Å². The lowest BCUT2D eigenvalue weighted by atomic mass is 9.84. The fraction of sp³-hybridized carbons (Fsp3) is 0.385. The van der Waals surface area contributed by atoms with Crippen LogP contribution in [0.15, 0.2) is 54.7 Å². The molecule has 1 N–H and O–H groups in total. The minimum absolute atomic E-state index is 0.204. The summed E-state index contributed by atoms with van der Waals surface area (Å²) in [7, 11) is 0. The molecule has 160 valence electrons. The van der Waals surface area contributed by atoms with Gasteiger partial charge in [0.05, 0.1) is 10.8 Å². The van der Waals surface area contributed by atoms with Crippen molar-refractivity contribution in [2.45, 2.75) is 44.6 Å². The molecule has 1 aliphatic heterocycles. The van der Waals surface area contributed by atoms with Crippen LogP contribution in [-0.4, -0.2) is 34.0 Å². The van der Waals surface area contributed by atoms with E-state index in [2.05, 4.69) is 58.4 Å². The number of likely N-dealkylation sites (tertiary alicyclic amines) is 1. The lowest BCUT2D eigenvalue weighted by Crippen LogP contribution is -2.49. The van der Waals surface area contributed by atoms with Crippen molar-refractivity contribution in [3.05, 3.63) is 65.9 Å². The molecule has 0 radical (unpaired) electrons. The predicted molar refractivity (Wildman–Crippen MR) is 125 cm³/mol. The van der Waals surface area contributed by atoms with Crippen molar-refractivity contribution in [1.82, 2.24) is 9.88 Å². The minimum Gasteiger partial charge on any atom is -0.481 e. The van der Waals surface area contributed by atoms with Crippen LogP contribution in [0.1, 0.15) is 49.1 Å². The van der Waals surface area contributed by atoms with Crippen LogP contribution in [0, 0.1) is 5.92 Å². The Morgan fingerprint density at radius 2 is 1.65 bits per heavy atom. The SMILES string of the molecule is O=C(O)C1CN(Cc2ccc(-c3ncc(-c4ccc(C5CCCCC5)cc4)s3)cc2)C1. The summed E-state index contributed by atoms with van der Waals surface area (Å²) in [4.78, 5) is 19.0. The molecule has 1 saturated heterocycles. The number of nitrogens with zero attached hydrogens (tertiary/aromatic N) is 2. The van der Waals surface area contributed by atoms with Gasteiger partial charge in [-0.1, -0.05) is 67.8 Å². The van der Waals surface area contributed by atoms with Crippen LogP contribution < -0.4 is 0 Å². The first-order chi connectivity index (χ1) is 15.2. The predicted octanol–water partition coefficient (Wildman–Crippen LogP) is 6.04. The van der Waals surface area contributed by atoms with Gasteiger partial charge in [-0.05, 0) is 35.4 Å². The van der Waals surface area contributed by atoms with E-state index >= 15 is 0 Å². The molecule has 0 unspecified atom stereocenters. The number of carbonyl (C=O) groups is 1. The number of thiazole rings is 1. The van der Waals surface area contributed by atoms with Crippen LogP contribution in [0.25, 0.3) is 21.0 Å². The Bertz CT molecular complexity index is 1030. The van der Waals surface area contributed by atoms with Crippen molar-refractivity contribution in [3.63, 3.8) is 0 Å². The molecule has 2 aliphatic rings. The monoisotopic (exact) mass is 432 g/mol. The van der Waals surface area contributed by atoms with E-state index in [1.807, 2.05) is 6.20 Å². The van der Waals surface area contributed by atoms with Gasteiger partial charge in [0.15, 0.2) is 0 Å². The second kappa shape index (κ2) is 8.93. The Hall–Kier alpha value is -2.50. The van der Waals surface area contributed by atoms with Gasteiger partial charge in [0.25, 0.3) is 0 Å². The molecule has 2 heterocycles. The Balaban J connectivity index is 1.22. The van der Waals surface area contributed by atoms with Crippen LogP contribution in [0.4, 0.5) is 0 Å². The maximum Gasteiger partial charge on any atom is 0.309 e. The number of carboxylic acid groups (broad SMARTS) is 1. The van der Waals surface area contributed by atoms with Crippen molar-refractivity contribution in [2.75, 3.05) is 13.1 Å². The zero-order valence-electron chi connectivity index (χ0n) is 17.7. The first kappa shape index (κ1) is 20.4. The molecule has 5 rings (SSSR count). The zero-order chi connectivity index (χ0) is 21.2. The van der Waals surface area contributed by atoms with Crippen LogP contribution in [0.3, 0.4) is 0 Å². The lowest BCUT2D eigenvalue weighted by molar-refractivity contribution is -0.147. The standard InChI is InChI=1S/C26H28N2O2S/c29-26(30)23-16-28(17-23)15-18-6-8-22(9-7-18)25-27-14-24(31-25)21-12-10-20(11-13-21)19-4-2-1-3-5-19/h6-14,19,23H,1-5,15-17H2,(H,29,30). The van der Waals surface area contributed by atoms with Crippen molar-refractivity contribution in [2.24, 2.45) is 5.92 Å². The average molecular weight is 433 g/mol. The van der Waals surface area contributed by atoms with Crippen molar-refractivity contribution in [1.29, 1.82) is 0 Å². The molecule has 0 bridgehead atoms. The Kier molecular flexibility index (Phi) is 5.88. The molecule has 31 heavy (non-hydrogen) atoms. The van der Waals surface area contributed by atoms with Crippen molar-refractivity contribution >= 4 is 17.3 Å². The molecular formula is C26H28N2O2S. The molecule has 1 saturated carbocycles. The fourth-order valence-corrected chi connectivity index (χ4v) is 5.69. The third-order valence-corrected chi connectivity index (χ3v) is 7.79. The molecule has 3 aromatic rings. The van der Waals surface area contributed by atoms with Gasteiger partial charge < -0.3 is 5.11 Å². The van der Waals surface area contributed by atoms with Gasteiger partial charge >= 0.3 is 5.97 Å². The number of carboxylic acids is 1. The molecule has 0 spiro atoms. The maximum absolute atomic E-state index is 10.9. The highest BCUT2D eigenvalue weighted by molar-refractivity contribution is 7.18. The van der Waals surface area contributed by atoms with Crippen LogP contribution in [0.2, 0.25) is 0 Å². The number of benzene rings is 2. The second-order valence-corrected chi connectivity index (χ2v) is 9.94.